The number of aromatic nitrogens is 6. The molecule has 0 saturated heterocycles. The maximum absolute atomic E-state index is 12.6. The number of hydrogen-bond acceptors (Lipinski definition) is 5. The summed E-state index contributed by atoms with van der Waals surface area (Å²) in [5.74, 6) is -0.528. The first-order valence-corrected chi connectivity index (χ1v) is 8.92. The van der Waals surface area contributed by atoms with Crippen molar-refractivity contribution in [3.05, 3.63) is 47.3 Å². The molecule has 0 aliphatic carbocycles. The first-order chi connectivity index (χ1) is 13.3. The van der Waals surface area contributed by atoms with Crippen molar-refractivity contribution in [2.45, 2.75) is 33.4 Å². The van der Waals surface area contributed by atoms with Crippen molar-refractivity contribution in [3.63, 3.8) is 0 Å². The number of carbonyl (C=O) groups excluding carboxylic acids is 2. The van der Waals surface area contributed by atoms with Crippen LogP contribution < -0.4 is 10.6 Å². The average molecular weight is 384 g/mol. The Morgan fingerprint density at radius 3 is 2.57 bits per heavy atom. The second kappa shape index (κ2) is 8.07. The van der Waals surface area contributed by atoms with Crippen molar-refractivity contribution < 1.29 is 9.59 Å². The van der Waals surface area contributed by atoms with E-state index in [0.29, 0.717) is 24.5 Å². The van der Waals surface area contributed by atoms with E-state index in [0.717, 1.165) is 17.0 Å². The summed E-state index contributed by atoms with van der Waals surface area (Å²) in [6.07, 6.45) is 5.23. The van der Waals surface area contributed by atoms with E-state index in [1.165, 1.54) is 10.9 Å². The standard InChI is InChI=1S/C18H24N8O2/c1-12-7-13(2)26(23-12)6-5-16(27)22-15-10-21-25(4)17(15)18(28)19-8-14-9-20-24(3)11-14/h7,9-11H,5-6,8H2,1-4H3,(H,19,28)(H,22,27). The summed E-state index contributed by atoms with van der Waals surface area (Å²) in [5.41, 5.74) is 3.47. The van der Waals surface area contributed by atoms with E-state index in [1.807, 2.05) is 33.2 Å². The van der Waals surface area contributed by atoms with Gasteiger partial charge in [-0.2, -0.15) is 15.3 Å². The van der Waals surface area contributed by atoms with Gasteiger partial charge in [-0.15, -0.1) is 0 Å². The fourth-order valence-corrected chi connectivity index (χ4v) is 2.95. The molecule has 3 rings (SSSR count). The summed E-state index contributed by atoms with van der Waals surface area (Å²) < 4.78 is 4.90. The van der Waals surface area contributed by atoms with Crippen LogP contribution in [0.25, 0.3) is 0 Å². The van der Waals surface area contributed by atoms with Crippen molar-refractivity contribution in [1.82, 2.24) is 34.7 Å². The van der Waals surface area contributed by atoms with Gasteiger partial charge in [-0.3, -0.25) is 23.6 Å². The van der Waals surface area contributed by atoms with Gasteiger partial charge < -0.3 is 10.6 Å². The highest BCUT2D eigenvalue weighted by Crippen LogP contribution is 2.15. The molecule has 148 valence electrons. The highest BCUT2D eigenvalue weighted by Gasteiger charge is 2.19. The molecular formula is C18H24N8O2. The molecule has 0 bridgehead atoms. The monoisotopic (exact) mass is 384 g/mol. The number of nitrogens with one attached hydrogen (secondary N) is 2. The minimum Gasteiger partial charge on any atom is -0.346 e. The third-order valence-electron chi connectivity index (χ3n) is 4.29. The van der Waals surface area contributed by atoms with Gasteiger partial charge in [0, 0.05) is 51.1 Å². The van der Waals surface area contributed by atoms with Gasteiger partial charge in [0.25, 0.3) is 5.91 Å². The third-order valence-corrected chi connectivity index (χ3v) is 4.29. The van der Waals surface area contributed by atoms with Crippen molar-refractivity contribution in [2.75, 3.05) is 5.32 Å². The number of carbonyl (C=O) groups is 2. The molecule has 10 nitrogen and oxygen atoms in total. The number of rotatable bonds is 7. The molecule has 10 heteroatoms. The summed E-state index contributed by atoms with van der Waals surface area (Å²) in [4.78, 5) is 24.9. The second-order valence-corrected chi connectivity index (χ2v) is 6.68. The van der Waals surface area contributed by atoms with Crippen LogP contribution >= 0.6 is 0 Å². The smallest absolute Gasteiger partial charge is 0.271 e. The van der Waals surface area contributed by atoms with Crippen LogP contribution in [0.15, 0.2) is 24.7 Å². The summed E-state index contributed by atoms with van der Waals surface area (Å²) in [5, 5.41) is 18.1. The molecule has 2 N–H and O–H groups in total. The van der Waals surface area contributed by atoms with Crippen LogP contribution in [-0.2, 0) is 32.0 Å². The Hall–Kier alpha value is -3.43. The number of amides is 2. The van der Waals surface area contributed by atoms with Gasteiger partial charge in [0.15, 0.2) is 0 Å². The topological polar surface area (TPSA) is 112 Å². The van der Waals surface area contributed by atoms with E-state index in [2.05, 4.69) is 25.9 Å². The molecule has 2 amide bonds. The third kappa shape index (κ3) is 4.45. The van der Waals surface area contributed by atoms with E-state index >= 15 is 0 Å². The molecule has 0 aromatic carbocycles. The largest absolute Gasteiger partial charge is 0.346 e. The van der Waals surface area contributed by atoms with Gasteiger partial charge in [-0.25, -0.2) is 0 Å². The number of anilines is 1. The van der Waals surface area contributed by atoms with Crippen LogP contribution in [0.1, 0.15) is 33.9 Å². The molecule has 3 aromatic heterocycles. The normalized spacial score (nSPS) is 10.9. The van der Waals surface area contributed by atoms with E-state index in [9.17, 15) is 9.59 Å². The van der Waals surface area contributed by atoms with E-state index in [4.69, 9.17) is 0 Å². The minimum atomic E-state index is -0.322. The lowest BCUT2D eigenvalue weighted by Gasteiger charge is -2.09. The summed E-state index contributed by atoms with van der Waals surface area (Å²) in [6, 6.07) is 1.96. The quantitative estimate of drug-likeness (QED) is 0.629. The zero-order chi connectivity index (χ0) is 20.3. The lowest BCUT2D eigenvalue weighted by Crippen LogP contribution is -2.27. The van der Waals surface area contributed by atoms with Crippen molar-refractivity contribution in [3.8, 4) is 0 Å². The molecule has 0 spiro atoms. The van der Waals surface area contributed by atoms with Crippen molar-refractivity contribution >= 4 is 17.5 Å². The molecular weight excluding hydrogens is 360 g/mol. The molecule has 0 atom stereocenters. The lowest BCUT2D eigenvalue weighted by molar-refractivity contribution is -0.116. The fourth-order valence-electron chi connectivity index (χ4n) is 2.95. The molecule has 0 saturated carbocycles. The molecule has 28 heavy (non-hydrogen) atoms. The predicted molar refractivity (Wildman–Crippen MR) is 103 cm³/mol. The molecule has 3 heterocycles. The van der Waals surface area contributed by atoms with Gasteiger partial charge in [-0.1, -0.05) is 0 Å². The SMILES string of the molecule is Cc1cc(C)n(CCC(=O)Nc2cnn(C)c2C(=O)NCc2cnn(C)c2)n1. The lowest BCUT2D eigenvalue weighted by atomic mass is 10.3. The summed E-state index contributed by atoms with van der Waals surface area (Å²) in [7, 11) is 3.47. The average Bonchev–Trinajstić information content (AvgIpc) is 3.30. The Bertz CT molecular complexity index is 997. The molecule has 0 fully saturated rings. The van der Waals surface area contributed by atoms with Gasteiger partial charge in [0.05, 0.1) is 23.8 Å². The van der Waals surface area contributed by atoms with E-state index in [1.54, 1.807) is 22.6 Å². The van der Waals surface area contributed by atoms with Crippen LogP contribution in [0, 0.1) is 13.8 Å². The Balaban J connectivity index is 1.60. The summed E-state index contributed by atoms with van der Waals surface area (Å²) >= 11 is 0. The van der Waals surface area contributed by atoms with Crippen LogP contribution in [0.5, 0.6) is 0 Å². The van der Waals surface area contributed by atoms with E-state index in [-0.39, 0.29) is 18.2 Å². The highest BCUT2D eigenvalue weighted by atomic mass is 16.2. The van der Waals surface area contributed by atoms with Gasteiger partial charge >= 0.3 is 0 Å². The maximum atomic E-state index is 12.6. The molecule has 0 radical (unpaired) electrons. The molecule has 3 aromatic rings. The predicted octanol–water partition coefficient (Wildman–Crippen LogP) is 0.926. The van der Waals surface area contributed by atoms with Crippen LogP contribution in [-0.4, -0.2) is 41.2 Å². The Kier molecular flexibility index (Phi) is 5.57. The Morgan fingerprint density at radius 1 is 1.14 bits per heavy atom. The first kappa shape index (κ1) is 19.3. The van der Waals surface area contributed by atoms with Gasteiger partial charge in [0.1, 0.15) is 5.69 Å². The minimum absolute atomic E-state index is 0.207. The zero-order valence-corrected chi connectivity index (χ0v) is 16.4. The van der Waals surface area contributed by atoms with Crippen molar-refractivity contribution in [1.29, 1.82) is 0 Å². The number of aryl methyl sites for hydroxylation is 5. The highest BCUT2D eigenvalue weighted by molar-refractivity contribution is 6.02. The number of hydrogen-bond donors (Lipinski definition) is 2. The van der Waals surface area contributed by atoms with Crippen LogP contribution in [0.4, 0.5) is 5.69 Å². The van der Waals surface area contributed by atoms with Crippen LogP contribution in [0.2, 0.25) is 0 Å². The Labute approximate surface area is 162 Å². The van der Waals surface area contributed by atoms with Crippen LogP contribution in [0.3, 0.4) is 0 Å². The fraction of sp³-hybridized carbons (Fsp3) is 0.389. The summed E-state index contributed by atoms with van der Waals surface area (Å²) in [6.45, 7) is 4.66. The zero-order valence-electron chi connectivity index (χ0n) is 16.4. The molecule has 0 aliphatic rings. The van der Waals surface area contributed by atoms with Crippen molar-refractivity contribution in [2.24, 2.45) is 14.1 Å². The van der Waals surface area contributed by atoms with Gasteiger partial charge in [0.2, 0.25) is 5.91 Å². The molecule has 0 unspecified atom stereocenters. The number of nitrogens with zero attached hydrogens (tertiary/aromatic N) is 6. The maximum Gasteiger partial charge on any atom is 0.271 e. The first-order valence-electron chi connectivity index (χ1n) is 8.92. The molecule has 0 aliphatic heterocycles. The second-order valence-electron chi connectivity index (χ2n) is 6.68. The van der Waals surface area contributed by atoms with E-state index < -0.39 is 0 Å². The van der Waals surface area contributed by atoms with Gasteiger partial charge in [-0.05, 0) is 19.9 Å². The Morgan fingerprint density at radius 2 is 1.93 bits per heavy atom.